The van der Waals surface area contributed by atoms with Crippen LogP contribution in [0, 0.1) is 17.0 Å². The molecule has 40 heavy (non-hydrogen) atoms. The van der Waals surface area contributed by atoms with Crippen molar-refractivity contribution in [2.45, 2.75) is 58.8 Å². The van der Waals surface area contributed by atoms with Crippen LogP contribution in [0.4, 0.5) is 19.3 Å². The van der Waals surface area contributed by atoms with Gasteiger partial charge in [-0.3, -0.25) is 9.89 Å². The third-order valence-electron chi connectivity index (χ3n) is 6.75. The van der Waals surface area contributed by atoms with Gasteiger partial charge in [-0.05, 0) is 59.2 Å². The molecule has 1 aliphatic rings. The normalized spacial score (nSPS) is 16.0. The summed E-state index contributed by atoms with van der Waals surface area (Å²) >= 11 is 0. The molecule has 8 heteroatoms. The molecule has 1 amide bonds. The number of hydrogen-bond donors (Lipinski definition) is 2. The highest BCUT2D eigenvalue weighted by atomic mass is 19.1. The number of ether oxygens (including phenoxy) is 1. The SMILES string of the molecule is CC(C)(C)Cc1ccc2c(c1)C(=NC[C@@H](O)[C@@H](N)Cc1cc(F)cc(F)c1)CCN2C(=O)OCc1ccccc1. The topological polar surface area (TPSA) is 88.2 Å². The molecule has 6 nitrogen and oxygen atoms in total. The molecule has 212 valence electrons. The lowest BCUT2D eigenvalue weighted by Gasteiger charge is -2.31. The van der Waals surface area contributed by atoms with E-state index in [4.69, 9.17) is 15.5 Å². The summed E-state index contributed by atoms with van der Waals surface area (Å²) in [6.07, 6.45) is -0.0349. The van der Waals surface area contributed by atoms with E-state index in [1.54, 1.807) is 4.90 Å². The number of aliphatic hydroxyl groups excluding tert-OH is 1. The number of benzene rings is 3. The molecule has 3 aromatic carbocycles. The van der Waals surface area contributed by atoms with Gasteiger partial charge < -0.3 is 15.6 Å². The number of aliphatic hydroxyl groups is 1. The summed E-state index contributed by atoms with van der Waals surface area (Å²) in [6, 6.07) is 18.0. The second-order valence-corrected chi connectivity index (χ2v) is 11.5. The number of rotatable bonds is 8. The van der Waals surface area contributed by atoms with Crippen molar-refractivity contribution in [3.8, 4) is 0 Å². The Labute approximate surface area is 234 Å². The van der Waals surface area contributed by atoms with Gasteiger partial charge in [0.25, 0.3) is 0 Å². The molecule has 1 heterocycles. The second kappa shape index (κ2) is 12.7. The number of hydrogen-bond acceptors (Lipinski definition) is 5. The minimum Gasteiger partial charge on any atom is -0.444 e. The minimum atomic E-state index is -1.02. The molecule has 0 spiro atoms. The number of nitrogens with zero attached hydrogens (tertiary/aromatic N) is 2. The molecule has 3 N–H and O–H groups in total. The summed E-state index contributed by atoms with van der Waals surface area (Å²) in [7, 11) is 0. The van der Waals surface area contributed by atoms with Crippen LogP contribution in [0.25, 0.3) is 0 Å². The maximum absolute atomic E-state index is 13.6. The molecular formula is C32H37F2N3O3. The summed E-state index contributed by atoms with van der Waals surface area (Å²) in [5.41, 5.74) is 10.9. The quantitative estimate of drug-likeness (QED) is 0.371. The Balaban J connectivity index is 1.52. The van der Waals surface area contributed by atoms with Crippen molar-refractivity contribution in [1.29, 1.82) is 0 Å². The zero-order chi connectivity index (χ0) is 28.9. The van der Waals surface area contributed by atoms with Crippen molar-refractivity contribution < 1.29 is 23.4 Å². The number of fused-ring (bicyclic) bond motifs is 1. The summed E-state index contributed by atoms with van der Waals surface area (Å²) in [4.78, 5) is 19.4. The Morgan fingerprint density at radius 3 is 2.40 bits per heavy atom. The lowest BCUT2D eigenvalue weighted by Crippen LogP contribution is -2.40. The number of halogens is 2. The van der Waals surface area contributed by atoms with Crippen LogP contribution < -0.4 is 10.6 Å². The van der Waals surface area contributed by atoms with E-state index in [0.717, 1.165) is 34.9 Å². The Morgan fingerprint density at radius 1 is 1.02 bits per heavy atom. The van der Waals surface area contributed by atoms with Gasteiger partial charge >= 0.3 is 6.09 Å². The van der Waals surface area contributed by atoms with Crippen LogP contribution in [0.5, 0.6) is 0 Å². The molecule has 0 radical (unpaired) electrons. The molecule has 0 bridgehead atoms. The van der Waals surface area contributed by atoms with Crippen LogP contribution in [-0.4, -0.2) is 42.1 Å². The molecule has 3 aromatic rings. The standard InChI is InChI=1S/C32H37F2N3O3/c1-32(2,3)18-22-9-10-29-26(15-22)28(11-12-37(29)31(39)40-20-21-7-5-4-6-8-21)36-19-30(38)27(35)16-23-13-24(33)17-25(34)14-23/h4-10,13-15,17,27,30,38H,11-12,16,18-20,35H2,1-3H3/t27-,30+/m0/s1. The number of nitrogens with two attached hydrogens (primary N) is 1. The first-order chi connectivity index (χ1) is 19.0. The highest BCUT2D eigenvalue weighted by Crippen LogP contribution is 2.32. The third kappa shape index (κ3) is 7.96. The van der Waals surface area contributed by atoms with Gasteiger partial charge in [-0.25, -0.2) is 13.6 Å². The van der Waals surface area contributed by atoms with E-state index in [2.05, 4.69) is 26.8 Å². The second-order valence-electron chi connectivity index (χ2n) is 11.5. The molecule has 0 aromatic heterocycles. The van der Waals surface area contributed by atoms with Crippen molar-refractivity contribution in [1.82, 2.24) is 0 Å². The highest BCUT2D eigenvalue weighted by molar-refractivity contribution is 6.10. The van der Waals surface area contributed by atoms with Gasteiger partial charge in [-0.15, -0.1) is 0 Å². The van der Waals surface area contributed by atoms with E-state index in [-0.39, 0.29) is 25.0 Å². The van der Waals surface area contributed by atoms with E-state index < -0.39 is 29.9 Å². The van der Waals surface area contributed by atoms with E-state index in [1.165, 1.54) is 12.1 Å². The lowest BCUT2D eigenvalue weighted by atomic mass is 9.86. The molecule has 0 saturated heterocycles. The van der Waals surface area contributed by atoms with Gasteiger partial charge in [0.05, 0.1) is 18.3 Å². The summed E-state index contributed by atoms with van der Waals surface area (Å²) < 4.78 is 32.7. The summed E-state index contributed by atoms with van der Waals surface area (Å²) in [5, 5.41) is 10.7. The largest absolute Gasteiger partial charge is 0.444 e. The Kier molecular flexibility index (Phi) is 9.32. The van der Waals surface area contributed by atoms with Crippen LogP contribution in [0.1, 0.15) is 49.4 Å². The average Bonchev–Trinajstić information content (AvgIpc) is 2.89. The van der Waals surface area contributed by atoms with Crippen LogP contribution in [0.15, 0.2) is 71.7 Å². The van der Waals surface area contributed by atoms with Crippen molar-refractivity contribution >= 4 is 17.5 Å². The van der Waals surface area contributed by atoms with Crippen molar-refractivity contribution in [2.24, 2.45) is 16.1 Å². The fourth-order valence-electron chi connectivity index (χ4n) is 4.87. The number of carbonyl (C=O) groups excluding carboxylic acids is 1. The number of carbonyl (C=O) groups is 1. The molecule has 2 atom stereocenters. The van der Waals surface area contributed by atoms with Crippen LogP contribution in [0.3, 0.4) is 0 Å². The first-order valence-corrected chi connectivity index (χ1v) is 13.5. The van der Waals surface area contributed by atoms with Crippen molar-refractivity contribution in [2.75, 3.05) is 18.0 Å². The summed E-state index contributed by atoms with van der Waals surface area (Å²) in [6.45, 7) is 7.07. The number of anilines is 1. The lowest BCUT2D eigenvalue weighted by molar-refractivity contribution is 0.147. The summed E-state index contributed by atoms with van der Waals surface area (Å²) in [5.74, 6) is -1.37. The molecule has 1 aliphatic heterocycles. The smallest absolute Gasteiger partial charge is 0.414 e. The first-order valence-electron chi connectivity index (χ1n) is 13.5. The average molecular weight is 550 g/mol. The maximum Gasteiger partial charge on any atom is 0.414 e. The zero-order valence-corrected chi connectivity index (χ0v) is 23.2. The molecule has 4 rings (SSSR count). The predicted octanol–water partition coefficient (Wildman–Crippen LogP) is 5.82. The van der Waals surface area contributed by atoms with E-state index in [1.807, 2.05) is 42.5 Å². The number of amides is 1. The van der Waals surface area contributed by atoms with Crippen molar-refractivity contribution in [3.05, 3.63) is 101 Å². The Morgan fingerprint density at radius 2 is 1.73 bits per heavy atom. The van der Waals surface area contributed by atoms with Crippen LogP contribution in [-0.2, 0) is 24.2 Å². The van der Waals surface area contributed by atoms with Gasteiger partial charge in [0.2, 0.25) is 0 Å². The first kappa shape index (κ1) is 29.4. The predicted molar refractivity (Wildman–Crippen MR) is 154 cm³/mol. The molecular weight excluding hydrogens is 512 g/mol. The minimum absolute atomic E-state index is 0.0235. The maximum atomic E-state index is 13.6. The van der Waals surface area contributed by atoms with Gasteiger partial charge in [0, 0.05) is 36.3 Å². The molecule has 0 fully saturated rings. The third-order valence-corrected chi connectivity index (χ3v) is 6.75. The van der Waals surface area contributed by atoms with E-state index >= 15 is 0 Å². The van der Waals surface area contributed by atoms with E-state index in [9.17, 15) is 18.7 Å². The monoisotopic (exact) mass is 549 g/mol. The van der Waals surface area contributed by atoms with Gasteiger partial charge in [0.1, 0.15) is 18.2 Å². The number of aliphatic imine (C=N–C) groups is 1. The fraction of sp³-hybridized carbons (Fsp3) is 0.375. The zero-order valence-electron chi connectivity index (χ0n) is 23.2. The molecule has 0 saturated carbocycles. The highest BCUT2D eigenvalue weighted by Gasteiger charge is 2.28. The molecule has 0 unspecified atom stereocenters. The van der Waals surface area contributed by atoms with Crippen LogP contribution in [0.2, 0.25) is 0 Å². The molecule has 0 aliphatic carbocycles. The fourth-order valence-corrected chi connectivity index (χ4v) is 4.87. The van der Waals surface area contributed by atoms with Crippen molar-refractivity contribution in [3.63, 3.8) is 0 Å². The van der Waals surface area contributed by atoms with Gasteiger partial charge in [-0.1, -0.05) is 57.2 Å². The van der Waals surface area contributed by atoms with Crippen LogP contribution >= 0.6 is 0 Å². The van der Waals surface area contributed by atoms with Gasteiger partial charge in [-0.2, -0.15) is 0 Å². The Hall–Kier alpha value is -3.62. The van der Waals surface area contributed by atoms with Gasteiger partial charge in [0.15, 0.2) is 0 Å². The van der Waals surface area contributed by atoms with E-state index in [0.29, 0.717) is 24.2 Å². The Bertz CT molecular complexity index is 1340.